The molecule has 0 radical (unpaired) electrons. The summed E-state index contributed by atoms with van der Waals surface area (Å²) < 4.78 is 1.07. The van der Waals surface area contributed by atoms with Crippen LogP contribution in [0.2, 0.25) is 0 Å². The molecule has 0 amide bonds. The zero-order valence-corrected chi connectivity index (χ0v) is 11.7. The van der Waals surface area contributed by atoms with Gasteiger partial charge in [0.25, 0.3) is 0 Å². The maximum Gasteiger partial charge on any atom is 0.107 e. The SMILES string of the molecule is NCC(O)(Cc1ccc(Br)s1)c1ccccc1. The van der Waals surface area contributed by atoms with Gasteiger partial charge in [0.15, 0.2) is 0 Å². The van der Waals surface area contributed by atoms with Crippen LogP contribution in [0.25, 0.3) is 0 Å². The van der Waals surface area contributed by atoms with Crippen LogP contribution in [0.5, 0.6) is 0 Å². The van der Waals surface area contributed by atoms with Crippen LogP contribution in [0.3, 0.4) is 0 Å². The Kier molecular flexibility index (Phi) is 3.99. The van der Waals surface area contributed by atoms with Gasteiger partial charge in [-0.3, -0.25) is 0 Å². The fraction of sp³-hybridized carbons (Fsp3) is 0.231. The summed E-state index contributed by atoms with van der Waals surface area (Å²) in [6.45, 7) is 0.215. The van der Waals surface area contributed by atoms with E-state index in [-0.39, 0.29) is 6.54 Å². The van der Waals surface area contributed by atoms with Crippen molar-refractivity contribution in [3.8, 4) is 0 Å². The van der Waals surface area contributed by atoms with Gasteiger partial charge in [0, 0.05) is 17.8 Å². The fourth-order valence-corrected chi connectivity index (χ4v) is 3.36. The highest BCUT2D eigenvalue weighted by atomic mass is 79.9. The predicted octanol–water partition coefficient (Wildman–Crippen LogP) is 2.90. The monoisotopic (exact) mass is 311 g/mol. The van der Waals surface area contributed by atoms with Crippen LogP contribution >= 0.6 is 27.3 Å². The van der Waals surface area contributed by atoms with Crippen molar-refractivity contribution >= 4 is 27.3 Å². The molecule has 0 bridgehead atoms. The number of rotatable bonds is 4. The van der Waals surface area contributed by atoms with Gasteiger partial charge in [-0.25, -0.2) is 0 Å². The first kappa shape index (κ1) is 12.8. The van der Waals surface area contributed by atoms with Gasteiger partial charge in [0.05, 0.1) is 3.79 Å². The van der Waals surface area contributed by atoms with E-state index < -0.39 is 5.60 Å². The lowest BCUT2D eigenvalue weighted by molar-refractivity contribution is 0.0471. The van der Waals surface area contributed by atoms with Crippen molar-refractivity contribution < 1.29 is 5.11 Å². The molecular weight excluding hydrogens is 298 g/mol. The molecule has 0 aliphatic heterocycles. The van der Waals surface area contributed by atoms with Crippen LogP contribution < -0.4 is 5.73 Å². The van der Waals surface area contributed by atoms with E-state index >= 15 is 0 Å². The lowest BCUT2D eigenvalue weighted by atomic mass is 9.90. The molecule has 2 nitrogen and oxygen atoms in total. The summed E-state index contributed by atoms with van der Waals surface area (Å²) >= 11 is 5.05. The topological polar surface area (TPSA) is 46.2 Å². The predicted molar refractivity (Wildman–Crippen MR) is 75.1 cm³/mol. The van der Waals surface area contributed by atoms with Crippen molar-refractivity contribution in [2.45, 2.75) is 12.0 Å². The molecule has 1 aromatic carbocycles. The van der Waals surface area contributed by atoms with E-state index in [1.807, 2.05) is 42.5 Å². The summed E-state index contributed by atoms with van der Waals surface area (Å²) in [6, 6.07) is 13.6. The Balaban J connectivity index is 2.26. The second-order valence-electron chi connectivity index (χ2n) is 3.98. The number of hydrogen-bond donors (Lipinski definition) is 2. The third-order valence-electron chi connectivity index (χ3n) is 2.74. The minimum atomic E-state index is -0.981. The summed E-state index contributed by atoms with van der Waals surface area (Å²) in [5.74, 6) is 0. The van der Waals surface area contributed by atoms with Crippen molar-refractivity contribution in [1.29, 1.82) is 0 Å². The summed E-state index contributed by atoms with van der Waals surface area (Å²) in [7, 11) is 0. The maximum atomic E-state index is 10.6. The van der Waals surface area contributed by atoms with Crippen LogP contribution in [-0.4, -0.2) is 11.7 Å². The van der Waals surface area contributed by atoms with Crippen LogP contribution in [-0.2, 0) is 12.0 Å². The molecule has 0 aliphatic rings. The molecule has 1 unspecified atom stereocenters. The molecule has 1 atom stereocenters. The van der Waals surface area contributed by atoms with Gasteiger partial charge in [-0.05, 0) is 33.6 Å². The molecule has 1 heterocycles. The van der Waals surface area contributed by atoms with Gasteiger partial charge in [-0.15, -0.1) is 11.3 Å². The molecule has 0 saturated carbocycles. The molecule has 17 heavy (non-hydrogen) atoms. The van der Waals surface area contributed by atoms with E-state index in [4.69, 9.17) is 5.73 Å². The highest BCUT2D eigenvalue weighted by molar-refractivity contribution is 9.11. The standard InChI is InChI=1S/C13H14BrNOS/c14-12-7-6-11(17-12)8-13(16,9-15)10-4-2-1-3-5-10/h1-7,16H,8-9,15H2. The number of nitrogens with two attached hydrogens (primary N) is 1. The maximum absolute atomic E-state index is 10.6. The van der Waals surface area contributed by atoms with Gasteiger partial charge in [0.1, 0.15) is 5.60 Å². The molecule has 2 rings (SSSR count). The van der Waals surface area contributed by atoms with Gasteiger partial charge < -0.3 is 10.8 Å². The number of aliphatic hydroxyl groups is 1. The van der Waals surface area contributed by atoms with Crippen LogP contribution in [0.15, 0.2) is 46.3 Å². The van der Waals surface area contributed by atoms with Crippen LogP contribution in [0.4, 0.5) is 0 Å². The first-order valence-electron chi connectivity index (χ1n) is 5.36. The van der Waals surface area contributed by atoms with E-state index in [2.05, 4.69) is 15.9 Å². The molecule has 3 N–H and O–H groups in total. The van der Waals surface area contributed by atoms with Gasteiger partial charge >= 0.3 is 0 Å². The average Bonchev–Trinajstić information content (AvgIpc) is 2.75. The lowest BCUT2D eigenvalue weighted by Crippen LogP contribution is -2.36. The summed E-state index contributed by atoms with van der Waals surface area (Å²) in [4.78, 5) is 1.12. The molecule has 2 aromatic rings. The largest absolute Gasteiger partial charge is 0.383 e. The van der Waals surface area contributed by atoms with E-state index in [0.717, 1.165) is 14.2 Å². The molecule has 0 fully saturated rings. The first-order chi connectivity index (χ1) is 8.14. The van der Waals surface area contributed by atoms with Crippen LogP contribution in [0, 0.1) is 0 Å². The Bertz CT molecular complexity index is 485. The summed E-state index contributed by atoms with van der Waals surface area (Å²) in [5, 5.41) is 10.6. The van der Waals surface area contributed by atoms with E-state index in [1.165, 1.54) is 0 Å². The van der Waals surface area contributed by atoms with Gasteiger partial charge in [0.2, 0.25) is 0 Å². The highest BCUT2D eigenvalue weighted by Gasteiger charge is 2.28. The molecule has 0 saturated heterocycles. The molecule has 1 aromatic heterocycles. The number of benzene rings is 1. The van der Waals surface area contributed by atoms with Crippen molar-refractivity contribution in [3.63, 3.8) is 0 Å². The minimum Gasteiger partial charge on any atom is -0.383 e. The highest BCUT2D eigenvalue weighted by Crippen LogP contribution is 2.30. The number of hydrogen-bond acceptors (Lipinski definition) is 3. The van der Waals surface area contributed by atoms with E-state index in [0.29, 0.717) is 6.42 Å². The molecule has 0 aliphatic carbocycles. The van der Waals surface area contributed by atoms with Crippen molar-refractivity contribution in [3.05, 3.63) is 56.7 Å². The molecule has 0 spiro atoms. The van der Waals surface area contributed by atoms with Crippen molar-refractivity contribution in [2.24, 2.45) is 5.73 Å². The normalized spacial score (nSPS) is 14.5. The fourth-order valence-electron chi connectivity index (χ4n) is 1.78. The van der Waals surface area contributed by atoms with Gasteiger partial charge in [-0.1, -0.05) is 30.3 Å². The van der Waals surface area contributed by atoms with Crippen molar-refractivity contribution in [1.82, 2.24) is 0 Å². The minimum absolute atomic E-state index is 0.215. The smallest absolute Gasteiger partial charge is 0.107 e. The average molecular weight is 312 g/mol. The Hall–Kier alpha value is -0.680. The quantitative estimate of drug-likeness (QED) is 0.912. The summed E-state index contributed by atoms with van der Waals surface area (Å²) in [5.41, 5.74) is 5.62. The third kappa shape index (κ3) is 2.96. The second-order valence-corrected chi connectivity index (χ2v) is 6.53. The Morgan fingerprint density at radius 1 is 1.18 bits per heavy atom. The van der Waals surface area contributed by atoms with Gasteiger partial charge in [-0.2, -0.15) is 0 Å². The first-order valence-corrected chi connectivity index (χ1v) is 6.97. The molecule has 90 valence electrons. The lowest BCUT2D eigenvalue weighted by Gasteiger charge is -2.26. The number of halogens is 1. The Morgan fingerprint density at radius 2 is 1.88 bits per heavy atom. The summed E-state index contributed by atoms with van der Waals surface area (Å²) in [6.07, 6.45) is 0.545. The Morgan fingerprint density at radius 3 is 2.41 bits per heavy atom. The van der Waals surface area contributed by atoms with E-state index in [1.54, 1.807) is 11.3 Å². The number of thiophene rings is 1. The molecule has 4 heteroatoms. The van der Waals surface area contributed by atoms with Crippen molar-refractivity contribution in [2.75, 3.05) is 6.54 Å². The Labute approximate surface area is 113 Å². The zero-order chi connectivity index (χ0) is 12.3. The van der Waals surface area contributed by atoms with E-state index in [9.17, 15) is 5.11 Å². The van der Waals surface area contributed by atoms with Crippen LogP contribution in [0.1, 0.15) is 10.4 Å². The zero-order valence-electron chi connectivity index (χ0n) is 9.27. The molecular formula is C13H14BrNOS. The second kappa shape index (κ2) is 5.31. The third-order valence-corrected chi connectivity index (χ3v) is 4.37.